The van der Waals surface area contributed by atoms with Gasteiger partial charge in [-0.15, -0.1) is 0 Å². The lowest BCUT2D eigenvalue weighted by Gasteiger charge is -2.20. The Morgan fingerprint density at radius 2 is 1.56 bits per heavy atom. The van der Waals surface area contributed by atoms with Crippen LogP contribution in [0.15, 0.2) is 69.3 Å². The zero-order chi connectivity index (χ0) is 25.9. The molecule has 36 heavy (non-hydrogen) atoms. The first-order valence-electron chi connectivity index (χ1n) is 10.8. The van der Waals surface area contributed by atoms with E-state index in [0.29, 0.717) is 44.7 Å². The van der Waals surface area contributed by atoms with Gasteiger partial charge in [-0.25, -0.2) is 8.42 Å². The second-order valence-electron chi connectivity index (χ2n) is 7.73. The fraction of sp³-hybridized carbons (Fsp3) is 0.192. The van der Waals surface area contributed by atoms with Gasteiger partial charge in [0.2, 0.25) is 0 Å². The summed E-state index contributed by atoms with van der Waals surface area (Å²) in [6.07, 6.45) is 1.72. The van der Waals surface area contributed by atoms with E-state index in [1.165, 1.54) is 38.1 Å². The number of amides is 1. The van der Waals surface area contributed by atoms with Gasteiger partial charge in [0, 0.05) is 16.5 Å². The average molecular weight is 528 g/mol. The molecule has 1 amide bonds. The summed E-state index contributed by atoms with van der Waals surface area (Å²) in [5.74, 6) is 1.38. The Kier molecular flexibility index (Phi) is 7.46. The smallest absolute Gasteiger partial charge is 0.262 e. The summed E-state index contributed by atoms with van der Waals surface area (Å²) in [6.45, 7) is 0. The Balaban J connectivity index is 1.63. The van der Waals surface area contributed by atoms with Crippen molar-refractivity contribution in [1.82, 2.24) is 0 Å². The molecular formula is C26H25NO7S2. The molecule has 0 aliphatic carbocycles. The molecule has 1 aliphatic rings. The standard InChI is InChI=1S/C26H25NO7S2/c1-31-17-9-8-16(23(13-17)34-4)12-25-26(28)27-20-14-18(10-11-24(20)35-25)36(29,30)15-19-21(32-2)6-5-7-22(19)33-3/h5-14H,15H2,1-4H3,(H,27,28). The minimum atomic E-state index is -3.77. The maximum Gasteiger partial charge on any atom is 0.262 e. The second-order valence-corrected chi connectivity index (χ2v) is 10.8. The van der Waals surface area contributed by atoms with Gasteiger partial charge in [0.1, 0.15) is 23.0 Å². The first kappa shape index (κ1) is 25.5. The first-order chi connectivity index (χ1) is 17.3. The fourth-order valence-corrected chi connectivity index (χ4v) is 6.08. The maximum absolute atomic E-state index is 13.3. The van der Waals surface area contributed by atoms with Crippen LogP contribution in [0.4, 0.5) is 5.69 Å². The minimum absolute atomic E-state index is 0.0827. The van der Waals surface area contributed by atoms with E-state index in [9.17, 15) is 13.2 Å². The van der Waals surface area contributed by atoms with Crippen molar-refractivity contribution in [2.45, 2.75) is 15.5 Å². The highest BCUT2D eigenvalue weighted by Gasteiger charge is 2.26. The molecule has 0 bridgehead atoms. The highest BCUT2D eigenvalue weighted by Crippen LogP contribution is 2.41. The molecule has 1 aliphatic heterocycles. The summed E-state index contributed by atoms with van der Waals surface area (Å²) in [5, 5.41) is 2.80. The maximum atomic E-state index is 13.3. The molecule has 3 aromatic carbocycles. The van der Waals surface area contributed by atoms with E-state index in [4.69, 9.17) is 18.9 Å². The third kappa shape index (κ3) is 5.14. The number of anilines is 1. The first-order valence-corrected chi connectivity index (χ1v) is 13.3. The summed E-state index contributed by atoms with van der Waals surface area (Å²) < 4.78 is 47.9. The molecule has 3 aromatic rings. The number of sulfone groups is 1. The van der Waals surface area contributed by atoms with E-state index in [2.05, 4.69) is 5.32 Å². The van der Waals surface area contributed by atoms with Crippen LogP contribution in [0.5, 0.6) is 23.0 Å². The number of fused-ring (bicyclic) bond motifs is 1. The van der Waals surface area contributed by atoms with E-state index >= 15 is 0 Å². The van der Waals surface area contributed by atoms with Crippen molar-refractivity contribution in [3.8, 4) is 23.0 Å². The van der Waals surface area contributed by atoms with E-state index < -0.39 is 9.84 Å². The second kappa shape index (κ2) is 10.5. The third-order valence-corrected chi connectivity index (χ3v) is 8.33. The molecule has 0 saturated carbocycles. The number of thioether (sulfide) groups is 1. The van der Waals surface area contributed by atoms with Gasteiger partial charge < -0.3 is 24.3 Å². The van der Waals surface area contributed by atoms with Crippen LogP contribution in [0.25, 0.3) is 6.08 Å². The largest absolute Gasteiger partial charge is 0.497 e. The van der Waals surface area contributed by atoms with Gasteiger partial charge >= 0.3 is 0 Å². The molecule has 1 N–H and O–H groups in total. The molecule has 0 atom stereocenters. The molecule has 0 fully saturated rings. The number of carbonyl (C=O) groups excluding carboxylic acids is 1. The number of carbonyl (C=O) groups is 1. The van der Waals surface area contributed by atoms with E-state index in [-0.39, 0.29) is 16.6 Å². The van der Waals surface area contributed by atoms with Crippen LogP contribution in [0.3, 0.4) is 0 Å². The summed E-state index contributed by atoms with van der Waals surface area (Å²) in [4.78, 5) is 14.1. The lowest BCUT2D eigenvalue weighted by molar-refractivity contribution is -0.112. The van der Waals surface area contributed by atoms with Gasteiger partial charge in [-0.05, 0) is 48.5 Å². The Bertz CT molecular complexity index is 1430. The van der Waals surface area contributed by atoms with Crippen molar-refractivity contribution >= 4 is 39.3 Å². The number of ether oxygens (including phenoxy) is 4. The summed E-state index contributed by atoms with van der Waals surface area (Å²) in [7, 11) is 2.29. The van der Waals surface area contributed by atoms with Crippen molar-refractivity contribution in [2.75, 3.05) is 33.8 Å². The Morgan fingerprint density at radius 3 is 2.19 bits per heavy atom. The molecule has 188 valence electrons. The number of hydrogen-bond acceptors (Lipinski definition) is 8. The molecule has 0 unspecified atom stereocenters. The van der Waals surface area contributed by atoms with Crippen molar-refractivity contribution in [3.05, 3.63) is 70.6 Å². The van der Waals surface area contributed by atoms with Gasteiger partial charge in [-0.2, -0.15) is 0 Å². The van der Waals surface area contributed by atoms with Crippen LogP contribution < -0.4 is 24.3 Å². The minimum Gasteiger partial charge on any atom is -0.497 e. The molecule has 8 nitrogen and oxygen atoms in total. The van der Waals surface area contributed by atoms with Crippen molar-refractivity contribution in [2.24, 2.45) is 0 Å². The third-order valence-electron chi connectivity index (χ3n) is 5.59. The molecule has 10 heteroatoms. The molecule has 0 radical (unpaired) electrons. The highest BCUT2D eigenvalue weighted by atomic mass is 32.2. The zero-order valence-electron chi connectivity index (χ0n) is 20.2. The lowest BCUT2D eigenvalue weighted by atomic mass is 10.1. The van der Waals surface area contributed by atoms with Crippen molar-refractivity contribution in [1.29, 1.82) is 0 Å². The Hall–Kier alpha value is -3.63. The highest BCUT2D eigenvalue weighted by molar-refractivity contribution is 8.04. The van der Waals surface area contributed by atoms with Crippen LogP contribution in [-0.2, 0) is 20.4 Å². The SMILES string of the molecule is COc1ccc(C=C2Sc3ccc(S(=O)(=O)Cc4c(OC)cccc4OC)cc3NC2=O)c(OC)c1. The number of methoxy groups -OCH3 is 4. The monoisotopic (exact) mass is 527 g/mol. The van der Waals surface area contributed by atoms with Gasteiger partial charge in [0.15, 0.2) is 9.84 Å². The summed E-state index contributed by atoms with van der Waals surface area (Å²) >= 11 is 1.25. The van der Waals surface area contributed by atoms with Gasteiger partial charge in [0.05, 0.1) is 55.2 Å². The average Bonchev–Trinajstić information content (AvgIpc) is 2.88. The number of benzene rings is 3. The molecular weight excluding hydrogens is 502 g/mol. The van der Waals surface area contributed by atoms with Crippen LogP contribution >= 0.6 is 11.8 Å². The Labute approximate surface area is 214 Å². The summed E-state index contributed by atoms with van der Waals surface area (Å²) in [6, 6.07) is 15.1. The van der Waals surface area contributed by atoms with Crippen LogP contribution in [0.2, 0.25) is 0 Å². The lowest BCUT2D eigenvalue weighted by Crippen LogP contribution is -2.18. The Morgan fingerprint density at radius 1 is 0.861 bits per heavy atom. The topological polar surface area (TPSA) is 100 Å². The van der Waals surface area contributed by atoms with Gasteiger partial charge in [-0.1, -0.05) is 17.8 Å². The number of hydrogen-bond donors (Lipinski definition) is 1. The van der Waals surface area contributed by atoms with Crippen molar-refractivity contribution < 1.29 is 32.2 Å². The van der Waals surface area contributed by atoms with Crippen molar-refractivity contribution in [3.63, 3.8) is 0 Å². The van der Waals surface area contributed by atoms with Gasteiger partial charge in [0.25, 0.3) is 5.91 Å². The molecule has 0 spiro atoms. The number of nitrogens with one attached hydrogen (secondary N) is 1. The van der Waals surface area contributed by atoms with E-state index in [0.717, 1.165) is 4.90 Å². The molecule has 0 saturated heterocycles. The van der Waals surface area contributed by atoms with Crippen LogP contribution in [0, 0.1) is 0 Å². The van der Waals surface area contributed by atoms with E-state index in [1.807, 2.05) is 0 Å². The predicted octanol–water partition coefficient (Wildman–Crippen LogP) is 4.78. The van der Waals surface area contributed by atoms with E-state index in [1.54, 1.807) is 62.8 Å². The quantitative estimate of drug-likeness (QED) is 0.418. The van der Waals surface area contributed by atoms with Crippen LogP contribution in [0.1, 0.15) is 11.1 Å². The molecule has 4 rings (SSSR count). The predicted molar refractivity (Wildman–Crippen MR) is 139 cm³/mol. The zero-order valence-corrected chi connectivity index (χ0v) is 21.8. The molecule has 1 heterocycles. The normalized spacial score (nSPS) is 14.1. The van der Waals surface area contributed by atoms with Crippen LogP contribution in [-0.4, -0.2) is 42.8 Å². The number of rotatable bonds is 8. The summed E-state index contributed by atoms with van der Waals surface area (Å²) in [5.41, 5.74) is 1.57. The fourth-order valence-electron chi connectivity index (χ4n) is 3.76. The molecule has 0 aromatic heterocycles. The van der Waals surface area contributed by atoms with Gasteiger partial charge in [-0.3, -0.25) is 4.79 Å².